The fourth-order valence-electron chi connectivity index (χ4n) is 2.39. The van der Waals surface area contributed by atoms with Crippen LogP contribution in [-0.4, -0.2) is 35.5 Å². The molecule has 5 heteroatoms. The van der Waals surface area contributed by atoms with Crippen molar-refractivity contribution >= 4 is 39.3 Å². The van der Waals surface area contributed by atoms with E-state index in [0.29, 0.717) is 12.6 Å². The Hall–Kier alpha value is 0.260. The predicted octanol–water partition coefficient (Wildman–Crippen LogP) is 3.54. The first-order valence-corrected chi connectivity index (χ1v) is 8.44. The van der Waals surface area contributed by atoms with Crippen molar-refractivity contribution < 1.29 is 0 Å². The van der Waals surface area contributed by atoms with Crippen molar-refractivity contribution in [2.45, 2.75) is 19.0 Å². The number of benzene rings is 1. The number of thioether (sulfide) groups is 1. The molecule has 2 atom stereocenters. The summed E-state index contributed by atoms with van der Waals surface area (Å²) in [5.41, 5.74) is 7.23. The Morgan fingerprint density at radius 1 is 1.61 bits per heavy atom. The van der Waals surface area contributed by atoms with E-state index in [1.807, 2.05) is 17.8 Å². The van der Waals surface area contributed by atoms with Crippen molar-refractivity contribution in [1.82, 2.24) is 4.90 Å². The van der Waals surface area contributed by atoms with Crippen LogP contribution < -0.4 is 5.73 Å². The number of nitrogens with two attached hydrogens (primary N) is 1. The van der Waals surface area contributed by atoms with E-state index >= 15 is 0 Å². The lowest BCUT2D eigenvalue weighted by Gasteiger charge is -2.39. The molecule has 1 aliphatic rings. The lowest BCUT2D eigenvalue weighted by atomic mass is 10.0. The van der Waals surface area contributed by atoms with Gasteiger partial charge in [-0.2, -0.15) is 11.8 Å². The minimum Gasteiger partial charge on any atom is -0.329 e. The highest BCUT2D eigenvalue weighted by molar-refractivity contribution is 9.10. The van der Waals surface area contributed by atoms with Gasteiger partial charge in [0.1, 0.15) is 0 Å². The molecule has 2 unspecified atom stereocenters. The van der Waals surface area contributed by atoms with Gasteiger partial charge in [-0.3, -0.25) is 4.90 Å². The molecule has 0 bridgehead atoms. The third-order valence-electron chi connectivity index (χ3n) is 3.37. The van der Waals surface area contributed by atoms with Crippen LogP contribution >= 0.6 is 39.3 Å². The monoisotopic (exact) mass is 348 g/mol. The van der Waals surface area contributed by atoms with Crippen molar-refractivity contribution in [2.75, 3.05) is 24.6 Å². The van der Waals surface area contributed by atoms with Gasteiger partial charge in [0.15, 0.2) is 0 Å². The summed E-state index contributed by atoms with van der Waals surface area (Å²) in [6, 6.07) is 6.97. The standard InChI is InChI=1S/C13H18BrClN2S/c1-9-8-18-5-4-17(9)13(7-16)10-2-3-12(15)11(14)6-10/h2-3,6,9,13H,4-5,7-8,16H2,1H3. The van der Waals surface area contributed by atoms with Crippen LogP contribution in [0, 0.1) is 0 Å². The minimum absolute atomic E-state index is 0.287. The van der Waals surface area contributed by atoms with Gasteiger partial charge in [-0.1, -0.05) is 17.7 Å². The molecule has 1 heterocycles. The van der Waals surface area contributed by atoms with Crippen molar-refractivity contribution in [2.24, 2.45) is 5.73 Å². The second-order valence-corrected chi connectivity index (χ2v) is 7.00. The molecule has 1 aromatic rings. The van der Waals surface area contributed by atoms with Crippen LogP contribution in [0.5, 0.6) is 0 Å². The summed E-state index contributed by atoms with van der Waals surface area (Å²) in [6.07, 6.45) is 0. The Kier molecular flexibility index (Phi) is 5.39. The highest BCUT2D eigenvalue weighted by Gasteiger charge is 2.26. The van der Waals surface area contributed by atoms with Crippen LogP contribution in [0.2, 0.25) is 5.02 Å². The fourth-order valence-corrected chi connectivity index (χ4v) is 3.94. The highest BCUT2D eigenvalue weighted by Crippen LogP contribution is 2.31. The molecule has 1 aromatic carbocycles. The van der Waals surface area contributed by atoms with Gasteiger partial charge in [0.2, 0.25) is 0 Å². The van der Waals surface area contributed by atoms with Gasteiger partial charge < -0.3 is 5.73 Å². The third kappa shape index (κ3) is 3.23. The molecule has 0 saturated carbocycles. The molecule has 0 aromatic heterocycles. The predicted molar refractivity (Wildman–Crippen MR) is 84.4 cm³/mol. The molecule has 18 heavy (non-hydrogen) atoms. The summed E-state index contributed by atoms with van der Waals surface area (Å²) in [6.45, 7) is 4.02. The van der Waals surface area contributed by atoms with Gasteiger partial charge in [-0.15, -0.1) is 0 Å². The average Bonchev–Trinajstić information content (AvgIpc) is 2.37. The van der Waals surface area contributed by atoms with E-state index in [2.05, 4.69) is 39.9 Å². The Morgan fingerprint density at radius 3 is 3.00 bits per heavy atom. The smallest absolute Gasteiger partial charge is 0.0548 e. The summed E-state index contributed by atoms with van der Waals surface area (Å²) < 4.78 is 0.944. The zero-order chi connectivity index (χ0) is 13.1. The Bertz CT molecular complexity index is 416. The van der Waals surface area contributed by atoms with Crippen LogP contribution in [0.1, 0.15) is 18.5 Å². The normalized spacial score (nSPS) is 23.0. The molecule has 1 aliphatic heterocycles. The molecule has 0 aliphatic carbocycles. The largest absolute Gasteiger partial charge is 0.329 e. The molecule has 2 rings (SSSR count). The molecule has 2 nitrogen and oxygen atoms in total. The number of hydrogen-bond acceptors (Lipinski definition) is 3. The fraction of sp³-hybridized carbons (Fsp3) is 0.538. The maximum Gasteiger partial charge on any atom is 0.0548 e. The Morgan fingerprint density at radius 2 is 2.39 bits per heavy atom. The van der Waals surface area contributed by atoms with Crippen LogP contribution in [-0.2, 0) is 0 Å². The molecule has 1 fully saturated rings. The Balaban J connectivity index is 2.23. The molecule has 0 spiro atoms. The topological polar surface area (TPSA) is 29.3 Å². The van der Waals surface area contributed by atoms with E-state index in [1.165, 1.54) is 17.1 Å². The first-order chi connectivity index (χ1) is 8.63. The van der Waals surface area contributed by atoms with E-state index in [9.17, 15) is 0 Å². The molecule has 1 saturated heterocycles. The van der Waals surface area contributed by atoms with Gasteiger partial charge in [-0.25, -0.2) is 0 Å². The van der Waals surface area contributed by atoms with Gasteiger partial charge >= 0.3 is 0 Å². The van der Waals surface area contributed by atoms with E-state index in [-0.39, 0.29) is 6.04 Å². The number of halogens is 2. The maximum absolute atomic E-state index is 6.05. The van der Waals surface area contributed by atoms with E-state index in [4.69, 9.17) is 17.3 Å². The zero-order valence-electron chi connectivity index (χ0n) is 10.4. The van der Waals surface area contributed by atoms with Crippen LogP contribution in [0.25, 0.3) is 0 Å². The van der Waals surface area contributed by atoms with E-state index in [0.717, 1.165) is 16.0 Å². The third-order valence-corrected chi connectivity index (χ3v) is 5.77. The van der Waals surface area contributed by atoms with Gasteiger partial charge in [0.25, 0.3) is 0 Å². The van der Waals surface area contributed by atoms with E-state index < -0.39 is 0 Å². The summed E-state index contributed by atoms with van der Waals surface area (Å²) in [7, 11) is 0. The molecular weight excluding hydrogens is 332 g/mol. The maximum atomic E-state index is 6.05. The number of nitrogens with zero attached hydrogens (tertiary/aromatic N) is 1. The molecule has 100 valence electrons. The second kappa shape index (κ2) is 6.62. The lowest BCUT2D eigenvalue weighted by molar-refractivity contribution is 0.166. The summed E-state index contributed by atoms with van der Waals surface area (Å²) in [5, 5.41) is 0.747. The lowest BCUT2D eigenvalue weighted by Crippen LogP contribution is -2.45. The molecule has 0 amide bonds. The van der Waals surface area contributed by atoms with Gasteiger partial charge in [0.05, 0.1) is 5.02 Å². The van der Waals surface area contributed by atoms with Crippen LogP contribution in [0.3, 0.4) is 0 Å². The SMILES string of the molecule is CC1CSCCN1C(CN)c1ccc(Cl)c(Br)c1. The van der Waals surface area contributed by atoms with Crippen LogP contribution in [0.15, 0.2) is 22.7 Å². The van der Waals surface area contributed by atoms with Crippen molar-refractivity contribution in [3.63, 3.8) is 0 Å². The van der Waals surface area contributed by atoms with Crippen molar-refractivity contribution in [1.29, 1.82) is 0 Å². The van der Waals surface area contributed by atoms with Gasteiger partial charge in [-0.05, 0) is 40.5 Å². The van der Waals surface area contributed by atoms with E-state index in [1.54, 1.807) is 0 Å². The van der Waals surface area contributed by atoms with Crippen molar-refractivity contribution in [3.05, 3.63) is 33.3 Å². The molecular formula is C13H18BrClN2S. The minimum atomic E-state index is 0.287. The second-order valence-electron chi connectivity index (χ2n) is 4.59. The quantitative estimate of drug-likeness (QED) is 0.905. The Labute approximate surface area is 126 Å². The zero-order valence-corrected chi connectivity index (χ0v) is 13.6. The average molecular weight is 350 g/mol. The summed E-state index contributed by atoms with van der Waals surface area (Å²) in [5.74, 6) is 2.38. The van der Waals surface area contributed by atoms with Crippen molar-refractivity contribution in [3.8, 4) is 0 Å². The van der Waals surface area contributed by atoms with Gasteiger partial charge in [0, 0.05) is 41.2 Å². The molecule has 2 N–H and O–H groups in total. The summed E-state index contributed by atoms with van der Waals surface area (Å²) >= 11 is 11.6. The highest BCUT2D eigenvalue weighted by atomic mass is 79.9. The number of rotatable bonds is 3. The first-order valence-electron chi connectivity index (χ1n) is 6.12. The number of hydrogen-bond donors (Lipinski definition) is 1. The van der Waals surface area contributed by atoms with Crippen LogP contribution in [0.4, 0.5) is 0 Å². The summed E-state index contributed by atoms with van der Waals surface area (Å²) in [4.78, 5) is 2.51. The molecule has 0 radical (unpaired) electrons. The first kappa shape index (κ1) is 14.7.